The second-order valence-corrected chi connectivity index (χ2v) is 3.84. The molecule has 0 amide bonds. The first-order valence-corrected chi connectivity index (χ1v) is 4.83. The van der Waals surface area contributed by atoms with Gasteiger partial charge in [0.25, 0.3) is 0 Å². The van der Waals surface area contributed by atoms with Crippen molar-refractivity contribution in [1.29, 1.82) is 5.26 Å². The molecule has 1 atom stereocenters. The van der Waals surface area contributed by atoms with E-state index in [0.29, 0.717) is 11.3 Å². The van der Waals surface area contributed by atoms with Crippen molar-refractivity contribution in [1.82, 2.24) is 0 Å². The smallest absolute Gasteiger partial charge is 0.0981 e. The summed E-state index contributed by atoms with van der Waals surface area (Å²) in [6.07, 6.45) is 3.79. The van der Waals surface area contributed by atoms with Crippen LogP contribution in [0.15, 0.2) is 53.8 Å². The molecule has 0 aromatic heterocycles. The highest BCUT2D eigenvalue weighted by molar-refractivity contribution is 5.56. The highest BCUT2D eigenvalue weighted by Gasteiger charge is 2.33. The molecule has 0 saturated heterocycles. The van der Waals surface area contributed by atoms with Gasteiger partial charge in [0.05, 0.1) is 11.6 Å². The van der Waals surface area contributed by atoms with Crippen LogP contribution in [0.1, 0.15) is 12.5 Å². The van der Waals surface area contributed by atoms with E-state index < -0.39 is 0 Å². The Hall–Kier alpha value is -2.01. The van der Waals surface area contributed by atoms with E-state index in [1.165, 1.54) is 0 Å². The Balaban J connectivity index is 2.56. The van der Waals surface area contributed by atoms with E-state index in [0.717, 1.165) is 5.56 Å². The van der Waals surface area contributed by atoms with Gasteiger partial charge in [0.1, 0.15) is 0 Å². The molecule has 0 heterocycles. The van der Waals surface area contributed by atoms with Crippen molar-refractivity contribution in [2.45, 2.75) is 12.3 Å². The predicted octanol–water partition coefficient (Wildman–Crippen LogP) is 2.25. The summed E-state index contributed by atoms with van der Waals surface area (Å²) in [7, 11) is 0. The molecule has 1 aromatic carbocycles. The maximum atomic E-state index is 9.11. The molecule has 2 N–H and O–H groups in total. The van der Waals surface area contributed by atoms with Gasteiger partial charge in [0.15, 0.2) is 0 Å². The van der Waals surface area contributed by atoms with Gasteiger partial charge in [0.2, 0.25) is 0 Å². The third kappa shape index (κ3) is 1.33. The highest BCUT2D eigenvalue weighted by atomic mass is 14.6. The van der Waals surface area contributed by atoms with Gasteiger partial charge in [-0.25, -0.2) is 0 Å². The Morgan fingerprint density at radius 2 is 1.93 bits per heavy atom. The maximum absolute atomic E-state index is 9.11. The minimum absolute atomic E-state index is 0.361. The van der Waals surface area contributed by atoms with Crippen LogP contribution in [0.3, 0.4) is 0 Å². The van der Waals surface area contributed by atoms with E-state index in [2.05, 4.69) is 6.07 Å². The van der Waals surface area contributed by atoms with Crippen molar-refractivity contribution in [2.24, 2.45) is 5.73 Å². The minimum atomic E-state index is -0.361. The Morgan fingerprint density at radius 3 is 2.53 bits per heavy atom. The molecule has 0 unspecified atom stereocenters. The Bertz CT molecular complexity index is 477. The van der Waals surface area contributed by atoms with Gasteiger partial charge in [-0.1, -0.05) is 36.4 Å². The van der Waals surface area contributed by atoms with Crippen LogP contribution in [0.2, 0.25) is 0 Å². The van der Waals surface area contributed by atoms with Crippen molar-refractivity contribution >= 4 is 0 Å². The van der Waals surface area contributed by atoms with Crippen molar-refractivity contribution < 1.29 is 0 Å². The molecule has 2 heteroatoms. The standard InChI is InChI=1S/C13H12N2/c1-13(10-5-3-2-4-6-10)8-7-12(15)11(13)9-14/h2-8H,15H2,1H3/t13-/m0/s1. The summed E-state index contributed by atoms with van der Waals surface area (Å²) >= 11 is 0. The summed E-state index contributed by atoms with van der Waals surface area (Å²) < 4.78 is 0. The number of nitrogens with two attached hydrogens (primary N) is 1. The summed E-state index contributed by atoms with van der Waals surface area (Å²) in [4.78, 5) is 0. The topological polar surface area (TPSA) is 49.8 Å². The molecule has 2 rings (SSSR count). The quantitative estimate of drug-likeness (QED) is 0.748. The van der Waals surface area contributed by atoms with E-state index in [1.807, 2.05) is 49.4 Å². The first-order valence-electron chi connectivity index (χ1n) is 4.83. The number of hydrogen-bond acceptors (Lipinski definition) is 2. The monoisotopic (exact) mass is 196 g/mol. The number of nitrogens with zero attached hydrogens (tertiary/aromatic N) is 1. The molecular weight excluding hydrogens is 184 g/mol. The fourth-order valence-electron chi connectivity index (χ4n) is 1.93. The van der Waals surface area contributed by atoms with Crippen molar-refractivity contribution in [3.8, 4) is 6.07 Å². The van der Waals surface area contributed by atoms with Gasteiger partial charge < -0.3 is 5.73 Å². The van der Waals surface area contributed by atoms with E-state index in [1.54, 1.807) is 0 Å². The first-order chi connectivity index (χ1) is 7.18. The molecule has 0 bridgehead atoms. The van der Waals surface area contributed by atoms with Crippen molar-refractivity contribution in [3.63, 3.8) is 0 Å². The molecule has 15 heavy (non-hydrogen) atoms. The normalized spacial score (nSPS) is 24.3. The molecule has 74 valence electrons. The van der Waals surface area contributed by atoms with E-state index in [4.69, 9.17) is 11.0 Å². The van der Waals surface area contributed by atoms with Gasteiger partial charge in [-0.2, -0.15) is 5.26 Å². The Morgan fingerprint density at radius 1 is 1.27 bits per heavy atom. The SMILES string of the molecule is C[C@@]1(c2ccccc2)C=CC(N)=C1C#N. The third-order valence-corrected chi connectivity index (χ3v) is 2.89. The minimum Gasteiger partial charge on any atom is -0.398 e. The summed E-state index contributed by atoms with van der Waals surface area (Å²) in [6, 6.07) is 12.1. The van der Waals surface area contributed by atoms with Crippen LogP contribution in [-0.4, -0.2) is 0 Å². The lowest BCUT2D eigenvalue weighted by Gasteiger charge is -2.23. The summed E-state index contributed by atoms with van der Waals surface area (Å²) in [5.74, 6) is 0. The first kappa shape index (κ1) is 9.54. The third-order valence-electron chi connectivity index (χ3n) is 2.89. The van der Waals surface area contributed by atoms with Crippen molar-refractivity contribution in [2.75, 3.05) is 0 Å². The molecule has 0 fully saturated rings. The number of benzene rings is 1. The number of rotatable bonds is 1. The van der Waals surface area contributed by atoms with Crippen LogP contribution in [0.5, 0.6) is 0 Å². The lowest BCUT2D eigenvalue weighted by Crippen LogP contribution is -2.20. The molecule has 1 aliphatic rings. The molecule has 0 aliphatic heterocycles. The number of hydrogen-bond donors (Lipinski definition) is 1. The number of allylic oxidation sites excluding steroid dienone is 3. The molecule has 1 aliphatic carbocycles. The second kappa shape index (κ2) is 3.29. The van der Waals surface area contributed by atoms with Gasteiger partial charge in [0, 0.05) is 11.1 Å². The predicted molar refractivity (Wildman–Crippen MR) is 59.8 cm³/mol. The zero-order chi connectivity index (χ0) is 10.9. The Kier molecular flexibility index (Phi) is 2.09. The summed E-state index contributed by atoms with van der Waals surface area (Å²) in [6.45, 7) is 2.01. The Labute approximate surface area is 89.3 Å². The van der Waals surface area contributed by atoms with Crippen LogP contribution in [0, 0.1) is 11.3 Å². The number of nitriles is 1. The molecular formula is C13H12N2. The zero-order valence-corrected chi connectivity index (χ0v) is 8.57. The molecule has 2 nitrogen and oxygen atoms in total. The molecule has 0 radical (unpaired) electrons. The summed E-state index contributed by atoms with van der Waals surface area (Å²) in [5, 5.41) is 9.11. The van der Waals surface area contributed by atoms with Crippen LogP contribution < -0.4 is 5.73 Å². The van der Waals surface area contributed by atoms with Crippen molar-refractivity contribution in [3.05, 3.63) is 59.3 Å². The zero-order valence-electron chi connectivity index (χ0n) is 8.57. The fourth-order valence-corrected chi connectivity index (χ4v) is 1.93. The molecule has 0 spiro atoms. The van der Waals surface area contributed by atoms with E-state index >= 15 is 0 Å². The average molecular weight is 196 g/mol. The summed E-state index contributed by atoms with van der Waals surface area (Å²) in [5.41, 5.74) is 7.71. The fraction of sp³-hybridized carbons (Fsp3) is 0.154. The van der Waals surface area contributed by atoms with Crippen LogP contribution in [0.4, 0.5) is 0 Å². The second-order valence-electron chi connectivity index (χ2n) is 3.84. The van der Waals surface area contributed by atoms with E-state index in [-0.39, 0.29) is 5.41 Å². The van der Waals surface area contributed by atoms with Gasteiger partial charge in [-0.05, 0) is 18.6 Å². The van der Waals surface area contributed by atoms with Crippen LogP contribution >= 0.6 is 0 Å². The van der Waals surface area contributed by atoms with Crippen LogP contribution in [-0.2, 0) is 5.41 Å². The lowest BCUT2D eigenvalue weighted by atomic mass is 9.78. The van der Waals surface area contributed by atoms with Gasteiger partial charge in [-0.15, -0.1) is 0 Å². The molecule has 0 saturated carbocycles. The van der Waals surface area contributed by atoms with Crippen LogP contribution in [0.25, 0.3) is 0 Å². The van der Waals surface area contributed by atoms with Gasteiger partial charge in [-0.3, -0.25) is 0 Å². The average Bonchev–Trinajstić information content (AvgIpc) is 2.57. The maximum Gasteiger partial charge on any atom is 0.0981 e. The largest absolute Gasteiger partial charge is 0.398 e. The van der Waals surface area contributed by atoms with Gasteiger partial charge >= 0.3 is 0 Å². The highest BCUT2D eigenvalue weighted by Crippen LogP contribution is 2.38. The molecule has 1 aromatic rings. The lowest BCUT2D eigenvalue weighted by molar-refractivity contribution is 0.735. The van der Waals surface area contributed by atoms with E-state index in [9.17, 15) is 0 Å².